The minimum Gasteiger partial charge on any atom is -0.465 e. The van der Waals surface area contributed by atoms with Crippen molar-refractivity contribution in [2.24, 2.45) is 0 Å². The number of carbonyl (C=O) groups excluding carboxylic acids is 1. The number of nitro benzene ring substituents is 2. The lowest BCUT2D eigenvalue weighted by Crippen LogP contribution is -2.37. The molecule has 2 aromatic rings. The number of carbonyl (C=O) groups is 1. The van der Waals surface area contributed by atoms with Crippen molar-refractivity contribution in [2.45, 2.75) is 18.7 Å². The van der Waals surface area contributed by atoms with Gasteiger partial charge in [-0.25, -0.2) is 8.42 Å². The molecule has 0 amide bonds. The third-order valence-electron chi connectivity index (χ3n) is 3.89. The van der Waals surface area contributed by atoms with E-state index >= 15 is 0 Å². The van der Waals surface area contributed by atoms with E-state index in [9.17, 15) is 33.4 Å². The predicted octanol–water partition coefficient (Wildman–Crippen LogP) is 2.57. The molecule has 0 saturated heterocycles. The molecule has 12 heteroatoms. The van der Waals surface area contributed by atoms with E-state index in [1.54, 1.807) is 6.92 Å². The van der Waals surface area contributed by atoms with Gasteiger partial charge in [0.05, 0.1) is 27.0 Å². The van der Waals surface area contributed by atoms with Gasteiger partial charge in [-0.3, -0.25) is 29.3 Å². The van der Waals surface area contributed by atoms with E-state index in [0.717, 1.165) is 30.3 Å². The molecule has 0 aromatic heterocycles. The van der Waals surface area contributed by atoms with Crippen LogP contribution in [0, 0.1) is 27.2 Å². The molecule has 0 N–H and O–H groups in total. The van der Waals surface area contributed by atoms with E-state index in [2.05, 4.69) is 0 Å². The zero-order valence-electron chi connectivity index (χ0n) is 15.5. The zero-order chi connectivity index (χ0) is 21.8. The van der Waals surface area contributed by atoms with Gasteiger partial charge in [0.2, 0.25) is 0 Å². The van der Waals surface area contributed by atoms with Crippen LogP contribution in [0.15, 0.2) is 47.4 Å². The Morgan fingerprint density at radius 3 is 2.10 bits per heavy atom. The topological polar surface area (TPSA) is 150 Å². The molecule has 2 rings (SSSR count). The summed E-state index contributed by atoms with van der Waals surface area (Å²) in [7, 11) is -4.39. The van der Waals surface area contributed by atoms with Crippen LogP contribution in [0.4, 0.5) is 17.1 Å². The summed E-state index contributed by atoms with van der Waals surface area (Å²) in [6, 6.07) is 7.68. The molecule has 0 atom stereocenters. The number of hydrogen-bond acceptors (Lipinski definition) is 8. The van der Waals surface area contributed by atoms with Gasteiger partial charge in [0, 0.05) is 24.3 Å². The Morgan fingerprint density at radius 1 is 1.03 bits per heavy atom. The Labute approximate surface area is 165 Å². The number of hydrogen-bond donors (Lipinski definition) is 0. The predicted molar refractivity (Wildman–Crippen MR) is 102 cm³/mol. The molecule has 2 aromatic carbocycles. The normalized spacial score (nSPS) is 11.0. The minimum atomic E-state index is -4.39. The smallest absolute Gasteiger partial charge is 0.326 e. The molecule has 0 spiro atoms. The number of sulfonamides is 1. The summed E-state index contributed by atoms with van der Waals surface area (Å²) >= 11 is 0. The van der Waals surface area contributed by atoms with Crippen molar-refractivity contribution in [3.8, 4) is 0 Å². The van der Waals surface area contributed by atoms with Gasteiger partial charge in [-0.1, -0.05) is 6.07 Å². The first-order valence-corrected chi connectivity index (χ1v) is 9.69. The van der Waals surface area contributed by atoms with Gasteiger partial charge in [0.25, 0.3) is 21.4 Å². The first kappa shape index (κ1) is 21.8. The fourth-order valence-corrected chi connectivity index (χ4v) is 3.94. The van der Waals surface area contributed by atoms with Crippen LogP contribution >= 0.6 is 0 Å². The second-order valence-electron chi connectivity index (χ2n) is 5.80. The van der Waals surface area contributed by atoms with E-state index in [0.29, 0.717) is 9.87 Å². The maximum absolute atomic E-state index is 13.2. The van der Waals surface area contributed by atoms with Crippen LogP contribution < -0.4 is 4.31 Å². The number of ether oxygens (including phenoxy) is 1. The fraction of sp³-hybridized carbons (Fsp3) is 0.235. The highest BCUT2D eigenvalue weighted by molar-refractivity contribution is 7.92. The maximum Gasteiger partial charge on any atom is 0.326 e. The van der Waals surface area contributed by atoms with Gasteiger partial charge in [-0.2, -0.15) is 0 Å². The van der Waals surface area contributed by atoms with Crippen molar-refractivity contribution in [3.05, 3.63) is 68.3 Å². The second-order valence-corrected chi connectivity index (χ2v) is 7.66. The minimum absolute atomic E-state index is 0.0121. The third kappa shape index (κ3) is 4.85. The van der Waals surface area contributed by atoms with E-state index in [1.807, 2.05) is 0 Å². The van der Waals surface area contributed by atoms with Crippen molar-refractivity contribution in [1.29, 1.82) is 0 Å². The lowest BCUT2D eigenvalue weighted by atomic mass is 10.2. The van der Waals surface area contributed by atoms with Crippen LogP contribution in [0.1, 0.15) is 12.5 Å². The van der Waals surface area contributed by atoms with E-state index in [1.165, 1.54) is 19.1 Å². The molecular weight excluding hydrogens is 406 g/mol. The highest BCUT2D eigenvalue weighted by Gasteiger charge is 2.30. The third-order valence-corrected chi connectivity index (χ3v) is 5.66. The van der Waals surface area contributed by atoms with Crippen LogP contribution in [0.3, 0.4) is 0 Å². The van der Waals surface area contributed by atoms with Gasteiger partial charge < -0.3 is 4.74 Å². The lowest BCUT2D eigenvalue weighted by molar-refractivity contribution is -0.385. The molecule has 0 saturated carbocycles. The number of esters is 1. The number of aryl methyl sites for hydroxylation is 1. The molecule has 0 aliphatic carbocycles. The van der Waals surface area contributed by atoms with Crippen molar-refractivity contribution in [2.75, 3.05) is 17.5 Å². The lowest BCUT2D eigenvalue weighted by Gasteiger charge is -2.25. The fourth-order valence-electron chi connectivity index (χ4n) is 2.47. The molecule has 0 aliphatic rings. The Bertz CT molecular complexity index is 1050. The van der Waals surface area contributed by atoms with Gasteiger partial charge in [-0.15, -0.1) is 0 Å². The molecule has 0 radical (unpaired) electrons. The number of benzene rings is 2. The van der Waals surface area contributed by atoms with Crippen LogP contribution in [0.5, 0.6) is 0 Å². The van der Waals surface area contributed by atoms with Crippen LogP contribution in [-0.4, -0.2) is 37.4 Å². The summed E-state index contributed by atoms with van der Waals surface area (Å²) in [5.74, 6) is -0.858. The molecule has 0 fully saturated rings. The first-order chi connectivity index (χ1) is 13.6. The van der Waals surface area contributed by atoms with Gasteiger partial charge in [0.1, 0.15) is 6.54 Å². The second kappa shape index (κ2) is 8.65. The Morgan fingerprint density at radius 2 is 1.59 bits per heavy atom. The summed E-state index contributed by atoms with van der Waals surface area (Å²) in [5.41, 5.74) is -0.387. The highest BCUT2D eigenvalue weighted by Crippen LogP contribution is 2.31. The molecule has 0 unspecified atom stereocenters. The van der Waals surface area contributed by atoms with Crippen molar-refractivity contribution < 1.29 is 27.8 Å². The quantitative estimate of drug-likeness (QED) is 0.357. The summed E-state index contributed by atoms with van der Waals surface area (Å²) in [6.45, 7) is 2.36. The maximum atomic E-state index is 13.2. The summed E-state index contributed by atoms with van der Waals surface area (Å²) in [5, 5.41) is 21.9. The van der Waals surface area contributed by atoms with E-state index < -0.39 is 32.4 Å². The Hall–Kier alpha value is -3.54. The molecule has 0 aliphatic heterocycles. The van der Waals surface area contributed by atoms with Crippen molar-refractivity contribution in [1.82, 2.24) is 0 Å². The van der Waals surface area contributed by atoms with Gasteiger partial charge in [0.15, 0.2) is 0 Å². The van der Waals surface area contributed by atoms with E-state index in [4.69, 9.17) is 4.74 Å². The first-order valence-electron chi connectivity index (χ1n) is 8.25. The summed E-state index contributed by atoms with van der Waals surface area (Å²) in [6.07, 6.45) is 0. The van der Waals surface area contributed by atoms with Crippen molar-refractivity contribution >= 4 is 33.1 Å². The van der Waals surface area contributed by atoms with Crippen molar-refractivity contribution in [3.63, 3.8) is 0 Å². The largest absolute Gasteiger partial charge is 0.465 e. The van der Waals surface area contributed by atoms with Gasteiger partial charge in [-0.05, 0) is 31.5 Å². The molecule has 11 nitrogen and oxygen atoms in total. The highest BCUT2D eigenvalue weighted by atomic mass is 32.2. The number of rotatable bonds is 8. The average Bonchev–Trinajstić information content (AvgIpc) is 2.66. The van der Waals surface area contributed by atoms with Crippen LogP contribution in [0.2, 0.25) is 0 Å². The number of non-ortho nitro benzene ring substituents is 2. The Balaban J connectivity index is 2.61. The zero-order valence-corrected chi connectivity index (χ0v) is 16.3. The van der Waals surface area contributed by atoms with Crippen LogP contribution in [0.25, 0.3) is 0 Å². The number of nitro groups is 2. The van der Waals surface area contributed by atoms with E-state index in [-0.39, 0.29) is 28.6 Å². The summed E-state index contributed by atoms with van der Waals surface area (Å²) in [4.78, 5) is 32.2. The molecule has 29 heavy (non-hydrogen) atoms. The SMILES string of the molecule is CCOC(=O)CN(c1cc([N+](=O)[O-])ccc1C)S(=O)(=O)c1ccc([N+](=O)[O-])cc1. The molecular formula is C17H17N3O8S. The van der Waals surface area contributed by atoms with Crippen LogP contribution in [-0.2, 0) is 19.6 Å². The van der Waals surface area contributed by atoms with Gasteiger partial charge >= 0.3 is 5.97 Å². The summed E-state index contributed by atoms with van der Waals surface area (Å²) < 4.78 is 31.8. The monoisotopic (exact) mass is 423 g/mol. The average molecular weight is 423 g/mol. The number of nitrogens with zero attached hydrogens (tertiary/aromatic N) is 3. The molecule has 0 bridgehead atoms. The Kier molecular flexibility index (Phi) is 6.49. The standard InChI is InChI=1S/C17H17N3O8S/c1-3-28-17(21)11-18(16-10-14(20(24)25)5-4-12(16)2)29(26,27)15-8-6-13(7-9-15)19(22)23/h4-10H,3,11H2,1-2H3. The molecule has 154 valence electrons. The number of anilines is 1. The molecule has 0 heterocycles.